The Labute approximate surface area is 110 Å². The predicted molar refractivity (Wildman–Crippen MR) is 63.9 cm³/mol. The van der Waals surface area contributed by atoms with E-state index >= 15 is 0 Å². The van der Waals surface area contributed by atoms with Crippen LogP contribution in [-0.2, 0) is 14.3 Å². The molecule has 0 unspecified atom stereocenters. The number of nitrogens with one attached hydrogen (secondary N) is 1. The molecule has 0 radical (unpaired) electrons. The van der Waals surface area contributed by atoms with Gasteiger partial charge in [-0.3, -0.25) is 14.9 Å². The minimum atomic E-state index is -0.693. The van der Waals surface area contributed by atoms with E-state index in [2.05, 4.69) is 5.32 Å². The molecule has 0 aromatic heterocycles. The van der Waals surface area contributed by atoms with Crippen LogP contribution in [0.3, 0.4) is 0 Å². The lowest BCUT2D eigenvalue weighted by atomic mass is 10.2. The van der Waals surface area contributed by atoms with E-state index in [1.165, 1.54) is 0 Å². The molecule has 0 aromatic carbocycles. The highest BCUT2D eigenvalue weighted by Gasteiger charge is 2.53. The van der Waals surface area contributed by atoms with Gasteiger partial charge in [0.05, 0.1) is 6.61 Å². The number of carbonyl (C=O) groups is 1. The number of hydrogen-bond donors (Lipinski definition) is 1. The predicted octanol–water partition coefficient (Wildman–Crippen LogP) is 0.453. The van der Waals surface area contributed by atoms with Crippen LogP contribution in [0.5, 0.6) is 0 Å². The van der Waals surface area contributed by atoms with Gasteiger partial charge in [0.1, 0.15) is 12.0 Å². The molecule has 0 aromatic rings. The Bertz CT molecular complexity index is 394. The summed E-state index contributed by atoms with van der Waals surface area (Å²) in [6, 6.07) is -0.693. The van der Waals surface area contributed by atoms with Gasteiger partial charge in [-0.05, 0) is 12.8 Å². The zero-order valence-electron chi connectivity index (χ0n) is 10.7. The zero-order valence-corrected chi connectivity index (χ0v) is 10.7. The second-order valence-corrected chi connectivity index (χ2v) is 5.61. The Morgan fingerprint density at radius 1 is 1.42 bits per heavy atom. The van der Waals surface area contributed by atoms with E-state index in [-0.39, 0.29) is 16.9 Å². The summed E-state index contributed by atoms with van der Waals surface area (Å²) in [6.45, 7) is 0.866. The standard InChI is InChI=1S/C12H18N2O5/c15-11(9-5-10(9)14(16)17)13-6-8-7-18-12(19-8)3-1-2-4-12/h8-10H,1-7H2,(H,13,15)/t8-,9+,10+/m1/s1. The van der Waals surface area contributed by atoms with Crippen LogP contribution in [0.25, 0.3) is 0 Å². The normalized spacial score (nSPS) is 35.5. The van der Waals surface area contributed by atoms with Crippen LogP contribution in [0.1, 0.15) is 32.1 Å². The third kappa shape index (κ3) is 2.57. The van der Waals surface area contributed by atoms with Crippen molar-refractivity contribution in [1.29, 1.82) is 0 Å². The maximum absolute atomic E-state index is 11.7. The summed E-state index contributed by atoms with van der Waals surface area (Å²) in [5.74, 6) is -1.12. The number of carbonyl (C=O) groups excluding carboxylic acids is 1. The largest absolute Gasteiger partial charge is 0.353 e. The molecule has 2 aliphatic carbocycles. The maximum Gasteiger partial charge on any atom is 0.230 e. The van der Waals surface area contributed by atoms with Crippen molar-refractivity contribution in [3.8, 4) is 0 Å². The van der Waals surface area contributed by atoms with Crippen LogP contribution in [0.4, 0.5) is 0 Å². The SMILES string of the molecule is O=C(NC[C@@H]1COC2(CCCC2)O1)[C@H]1C[C@@H]1[N+](=O)[O-]. The molecule has 1 amide bonds. The maximum atomic E-state index is 11.7. The van der Waals surface area contributed by atoms with Crippen molar-refractivity contribution in [2.75, 3.05) is 13.2 Å². The molecular weight excluding hydrogens is 252 g/mol. The van der Waals surface area contributed by atoms with Crippen LogP contribution in [0.15, 0.2) is 0 Å². The molecule has 106 valence electrons. The van der Waals surface area contributed by atoms with Crippen LogP contribution in [0.2, 0.25) is 0 Å². The van der Waals surface area contributed by atoms with E-state index in [1.54, 1.807) is 0 Å². The lowest BCUT2D eigenvalue weighted by Gasteiger charge is -2.21. The van der Waals surface area contributed by atoms with Gasteiger partial charge in [-0.1, -0.05) is 0 Å². The number of amides is 1. The fourth-order valence-corrected chi connectivity index (χ4v) is 2.93. The van der Waals surface area contributed by atoms with E-state index in [9.17, 15) is 14.9 Å². The molecule has 1 saturated heterocycles. The van der Waals surface area contributed by atoms with E-state index in [0.717, 1.165) is 25.7 Å². The molecule has 3 aliphatic rings. The molecule has 7 heteroatoms. The third-order valence-corrected chi connectivity index (χ3v) is 4.15. The number of nitro groups is 1. The van der Waals surface area contributed by atoms with Crippen LogP contribution in [0, 0.1) is 16.0 Å². The van der Waals surface area contributed by atoms with Crippen LogP contribution >= 0.6 is 0 Å². The topological polar surface area (TPSA) is 90.7 Å². The van der Waals surface area contributed by atoms with E-state index in [0.29, 0.717) is 19.6 Å². The quantitative estimate of drug-likeness (QED) is 0.591. The van der Waals surface area contributed by atoms with E-state index in [4.69, 9.17) is 9.47 Å². The summed E-state index contributed by atoms with van der Waals surface area (Å²) in [5.41, 5.74) is 0. The van der Waals surface area contributed by atoms with Gasteiger partial charge in [0.25, 0.3) is 0 Å². The Morgan fingerprint density at radius 2 is 2.16 bits per heavy atom. The van der Waals surface area contributed by atoms with Crippen LogP contribution in [-0.4, -0.2) is 41.9 Å². The summed E-state index contributed by atoms with van der Waals surface area (Å²) >= 11 is 0. The molecule has 0 bridgehead atoms. The molecule has 3 fully saturated rings. The van der Waals surface area contributed by atoms with Gasteiger partial charge in [-0.2, -0.15) is 0 Å². The Hall–Kier alpha value is -1.21. The first-order valence-electron chi connectivity index (χ1n) is 6.83. The van der Waals surface area contributed by atoms with Gasteiger partial charge >= 0.3 is 0 Å². The van der Waals surface area contributed by atoms with Crippen LogP contribution < -0.4 is 5.32 Å². The molecule has 1 heterocycles. The lowest BCUT2D eigenvalue weighted by Crippen LogP contribution is -2.36. The molecule has 3 rings (SSSR count). The number of ether oxygens (including phenoxy) is 2. The lowest BCUT2D eigenvalue weighted by molar-refractivity contribution is -0.497. The van der Waals surface area contributed by atoms with Crippen molar-refractivity contribution >= 4 is 5.91 Å². The Morgan fingerprint density at radius 3 is 2.79 bits per heavy atom. The molecule has 2 saturated carbocycles. The van der Waals surface area contributed by atoms with E-state index < -0.39 is 17.7 Å². The molecule has 1 spiro atoms. The number of rotatable bonds is 4. The first-order chi connectivity index (χ1) is 9.10. The summed E-state index contributed by atoms with van der Waals surface area (Å²) in [5, 5.41) is 13.2. The van der Waals surface area contributed by atoms with Gasteiger partial charge in [0.2, 0.25) is 11.9 Å². The second kappa shape index (κ2) is 4.72. The highest BCUT2D eigenvalue weighted by molar-refractivity contribution is 5.81. The highest BCUT2D eigenvalue weighted by atomic mass is 16.7. The van der Waals surface area contributed by atoms with Gasteiger partial charge in [-0.25, -0.2) is 0 Å². The zero-order chi connectivity index (χ0) is 13.5. The first-order valence-corrected chi connectivity index (χ1v) is 6.83. The average Bonchev–Trinajstić information content (AvgIpc) is 2.92. The number of nitrogens with zero attached hydrogens (tertiary/aromatic N) is 1. The third-order valence-electron chi connectivity index (χ3n) is 4.15. The molecule has 7 nitrogen and oxygen atoms in total. The monoisotopic (exact) mass is 270 g/mol. The molecule has 19 heavy (non-hydrogen) atoms. The molecule has 1 N–H and O–H groups in total. The summed E-state index contributed by atoms with van der Waals surface area (Å²) < 4.78 is 11.6. The fourth-order valence-electron chi connectivity index (χ4n) is 2.93. The van der Waals surface area contributed by atoms with Gasteiger partial charge in [0.15, 0.2) is 5.79 Å². The van der Waals surface area contributed by atoms with Crippen molar-refractivity contribution in [1.82, 2.24) is 5.32 Å². The highest BCUT2D eigenvalue weighted by Crippen LogP contribution is 2.39. The summed E-state index contributed by atoms with van der Waals surface area (Å²) in [6.07, 6.45) is 4.30. The number of hydrogen-bond acceptors (Lipinski definition) is 5. The average molecular weight is 270 g/mol. The van der Waals surface area contributed by atoms with E-state index in [1.807, 2.05) is 0 Å². The Balaban J connectivity index is 1.41. The minimum Gasteiger partial charge on any atom is -0.353 e. The van der Waals surface area contributed by atoms with Gasteiger partial charge in [0, 0.05) is 30.7 Å². The van der Waals surface area contributed by atoms with Crippen molar-refractivity contribution in [3.63, 3.8) is 0 Å². The fraction of sp³-hybridized carbons (Fsp3) is 0.917. The first kappa shape index (κ1) is 12.8. The summed E-state index contributed by atoms with van der Waals surface area (Å²) in [4.78, 5) is 21.8. The van der Waals surface area contributed by atoms with Crippen molar-refractivity contribution in [2.24, 2.45) is 5.92 Å². The minimum absolute atomic E-state index is 0.130. The molecule has 1 aliphatic heterocycles. The Kier molecular flexibility index (Phi) is 3.18. The van der Waals surface area contributed by atoms with Crippen molar-refractivity contribution < 1.29 is 19.2 Å². The van der Waals surface area contributed by atoms with Gasteiger partial charge in [-0.15, -0.1) is 0 Å². The molecular formula is C12H18N2O5. The van der Waals surface area contributed by atoms with Gasteiger partial charge < -0.3 is 14.8 Å². The van der Waals surface area contributed by atoms with Crippen molar-refractivity contribution in [2.45, 2.75) is 50.0 Å². The summed E-state index contributed by atoms with van der Waals surface area (Å²) in [7, 11) is 0. The smallest absolute Gasteiger partial charge is 0.230 e. The molecule has 3 atom stereocenters. The second-order valence-electron chi connectivity index (χ2n) is 5.61. The van der Waals surface area contributed by atoms with Crippen molar-refractivity contribution in [3.05, 3.63) is 10.1 Å².